The van der Waals surface area contributed by atoms with Crippen LogP contribution in [-0.4, -0.2) is 46.9 Å². The van der Waals surface area contributed by atoms with Crippen molar-refractivity contribution in [3.63, 3.8) is 0 Å². The van der Waals surface area contributed by atoms with Crippen molar-refractivity contribution in [3.8, 4) is 0 Å². The normalized spacial score (nSPS) is 16.4. The van der Waals surface area contributed by atoms with E-state index in [1.807, 2.05) is 0 Å². The predicted molar refractivity (Wildman–Crippen MR) is 111 cm³/mol. The number of unbranched alkanes of at least 4 members (excludes halogenated alkanes) is 2. The van der Waals surface area contributed by atoms with Crippen LogP contribution >= 0.6 is 7.82 Å². The molecule has 0 spiro atoms. The molecule has 0 aromatic rings. The van der Waals surface area contributed by atoms with E-state index in [0.29, 0.717) is 25.0 Å². The summed E-state index contributed by atoms with van der Waals surface area (Å²) in [6.45, 7) is 8.60. The molecule has 3 unspecified atom stereocenters. The summed E-state index contributed by atoms with van der Waals surface area (Å²) in [7, 11) is -3.89. The highest BCUT2D eigenvalue weighted by molar-refractivity contribution is 7.47. The molecule has 0 aliphatic rings. The zero-order valence-corrected chi connectivity index (χ0v) is 18.9. The van der Waals surface area contributed by atoms with Gasteiger partial charge in [0.05, 0.1) is 19.8 Å². The average Bonchev–Trinajstić information content (AvgIpc) is 2.68. The maximum Gasteiger partial charge on any atom is 0.472 e. The van der Waals surface area contributed by atoms with E-state index in [1.54, 1.807) is 0 Å². The van der Waals surface area contributed by atoms with Crippen molar-refractivity contribution in [1.82, 2.24) is 0 Å². The highest BCUT2D eigenvalue weighted by Crippen LogP contribution is 2.44. The number of hydrogen-bond donors (Lipinski definition) is 4. The number of carboxylic acids is 1. The quantitative estimate of drug-likeness (QED) is 0.272. The first-order valence-electron chi connectivity index (χ1n) is 10.4. The van der Waals surface area contributed by atoms with Crippen LogP contribution in [0.5, 0.6) is 0 Å². The Kier molecular flexibility index (Phi) is 19.6. The molecule has 0 bridgehead atoms. The van der Waals surface area contributed by atoms with Gasteiger partial charge in [0.15, 0.2) is 0 Å². The molecule has 0 aromatic heterocycles. The third-order valence-electron chi connectivity index (χ3n) is 4.55. The van der Waals surface area contributed by atoms with Gasteiger partial charge in [0.2, 0.25) is 0 Å². The van der Waals surface area contributed by atoms with E-state index in [0.717, 1.165) is 51.4 Å². The number of rotatable bonds is 16. The van der Waals surface area contributed by atoms with Crippen LogP contribution < -0.4 is 5.73 Å². The molecular weight excluding hydrogens is 385 g/mol. The second-order valence-corrected chi connectivity index (χ2v) is 8.47. The Morgan fingerprint density at radius 1 is 0.964 bits per heavy atom. The molecule has 0 saturated carbocycles. The number of aliphatic carboxylic acids is 1. The topological polar surface area (TPSA) is 139 Å². The summed E-state index contributed by atoms with van der Waals surface area (Å²) in [5.41, 5.74) is 4.77. The fourth-order valence-corrected chi connectivity index (χ4v) is 3.18. The fraction of sp³-hybridized carbons (Fsp3) is 0.947. The number of hydrogen-bond acceptors (Lipinski definition) is 6. The lowest BCUT2D eigenvalue weighted by Crippen LogP contribution is -2.33. The van der Waals surface area contributed by atoms with Gasteiger partial charge in [-0.15, -0.1) is 0 Å². The third-order valence-corrected chi connectivity index (χ3v) is 5.50. The molecule has 0 fully saturated rings. The number of carboxylic acid groups (broad SMARTS) is 1. The van der Waals surface area contributed by atoms with Crippen molar-refractivity contribution in [2.75, 3.05) is 19.8 Å². The lowest BCUT2D eigenvalue weighted by atomic mass is 10.0. The lowest BCUT2D eigenvalue weighted by molar-refractivity contribution is -0.139. The summed E-state index contributed by atoms with van der Waals surface area (Å²) in [5.74, 6) is -0.491. The zero-order chi connectivity index (χ0) is 22.0. The van der Waals surface area contributed by atoms with Crippen LogP contribution in [0.3, 0.4) is 0 Å². The van der Waals surface area contributed by atoms with E-state index in [4.69, 9.17) is 25.0 Å². The molecule has 0 aliphatic carbocycles. The molecule has 3 atom stereocenters. The van der Waals surface area contributed by atoms with Crippen LogP contribution in [0.1, 0.15) is 79.1 Å². The van der Waals surface area contributed by atoms with Gasteiger partial charge >= 0.3 is 13.8 Å². The molecule has 0 aromatic carbocycles. The molecule has 170 valence electrons. The second-order valence-electron chi connectivity index (χ2n) is 7.02. The summed E-state index contributed by atoms with van der Waals surface area (Å²) >= 11 is 0. The minimum atomic E-state index is -3.89. The summed E-state index contributed by atoms with van der Waals surface area (Å²) in [6.07, 6.45) is 8.56. The molecule has 0 amide bonds. The monoisotopic (exact) mass is 427 g/mol. The SMILES string of the molecule is CCCCC(CC)COP(=O)(O)OCC(CC)CCCC.NC(CO)C(=O)O. The molecule has 5 N–H and O–H groups in total. The summed E-state index contributed by atoms with van der Waals surface area (Å²) in [4.78, 5) is 19.4. The lowest BCUT2D eigenvalue weighted by Gasteiger charge is -2.20. The van der Waals surface area contributed by atoms with Crippen molar-refractivity contribution in [1.29, 1.82) is 0 Å². The largest absolute Gasteiger partial charge is 0.480 e. The minimum Gasteiger partial charge on any atom is -0.480 e. The maximum atomic E-state index is 11.9. The van der Waals surface area contributed by atoms with Crippen molar-refractivity contribution in [2.24, 2.45) is 17.6 Å². The van der Waals surface area contributed by atoms with Crippen molar-refractivity contribution in [2.45, 2.75) is 85.1 Å². The summed E-state index contributed by atoms with van der Waals surface area (Å²) < 4.78 is 22.2. The van der Waals surface area contributed by atoms with Gasteiger partial charge in [-0.25, -0.2) is 4.57 Å². The molecule has 28 heavy (non-hydrogen) atoms. The highest BCUT2D eigenvalue weighted by atomic mass is 31.2. The second kappa shape index (κ2) is 18.5. The Balaban J connectivity index is 0. The van der Waals surface area contributed by atoms with Crippen LogP contribution in [0.2, 0.25) is 0 Å². The number of aliphatic hydroxyl groups is 1. The van der Waals surface area contributed by atoms with E-state index in [2.05, 4.69) is 27.7 Å². The van der Waals surface area contributed by atoms with Crippen LogP contribution in [0, 0.1) is 11.8 Å². The molecule has 0 saturated heterocycles. The Labute approximate surface area is 170 Å². The van der Waals surface area contributed by atoms with Gasteiger partial charge in [-0.05, 0) is 24.7 Å². The van der Waals surface area contributed by atoms with E-state index < -0.39 is 26.4 Å². The Morgan fingerprint density at radius 3 is 1.57 bits per heavy atom. The molecule has 0 radical (unpaired) electrons. The van der Waals surface area contributed by atoms with Gasteiger partial charge in [0.25, 0.3) is 0 Å². The van der Waals surface area contributed by atoms with E-state index >= 15 is 0 Å². The van der Waals surface area contributed by atoms with Gasteiger partial charge in [-0.3, -0.25) is 13.8 Å². The number of aliphatic hydroxyl groups excluding tert-OH is 1. The van der Waals surface area contributed by atoms with Gasteiger partial charge in [0.1, 0.15) is 6.04 Å². The van der Waals surface area contributed by atoms with E-state index in [9.17, 15) is 14.3 Å². The Morgan fingerprint density at radius 2 is 1.36 bits per heavy atom. The zero-order valence-electron chi connectivity index (χ0n) is 18.0. The molecular formula is C19H42NO7P. The van der Waals surface area contributed by atoms with Gasteiger partial charge in [-0.1, -0.05) is 66.2 Å². The van der Waals surface area contributed by atoms with Gasteiger partial charge in [0, 0.05) is 0 Å². The minimum absolute atomic E-state index is 0.316. The van der Waals surface area contributed by atoms with Gasteiger partial charge < -0.3 is 20.8 Å². The molecule has 8 nitrogen and oxygen atoms in total. The average molecular weight is 428 g/mol. The van der Waals surface area contributed by atoms with E-state index in [-0.39, 0.29) is 0 Å². The fourth-order valence-electron chi connectivity index (χ4n) is 2.31. The number of phosphoric ester groups is 1. The van der Waals surface area contributed by atoms with Crippen LogP contribution in [0.25, 0.3) is 0 Å². The van der Waals surface area contributed by atoms with Gasteiger partial charge in [-0.2, -0.15) is 0 Å². The van der Waals surface area contributed by atoms with Crippen LogP contribution in [-0.2, 0) is 18.4 Å². The standard InChI is InChI=1S/C16H35O4P.C3H7NO3/c1-5-9-11-15(7-3)13-19-21(17,18)20-14-16(8-4)12-10-6-2;4-2(1-5)3(6)7/h15-16H,5-14H2,1-4H3,(H,17,18);2,5H,1,4H2,(H,6,7). The third kappa shape index (κ3) is 17.6. The smallest absolute Gasteiger partial charge is 0.472 e. The van der Waals surface area contributed by atoms with Crippen molar-refractivity contribution < 1.29 is 33.5 Å². The maximum absolute atomic E-state index is 11.9. The number of phosphoric acid groups is 1. The van der Waals surface area contributed by atoms with Crippen LogP contribution in [0.4, 0.5) is 0 Å². The molecule has 0 aliphatic heterocycles. The molecule has 9 heteroatoms. The van der Waals surface area contributed by atoms with Crippen LogP contribution in [0.15, 0.2) is 0 Å². The Bertz CT molecular complexity index is 399. The molecule has 0 heterocycles. The van der Waals surface area contributed by atoms with Crippen molar-refractivity contribution in [3.05, 3.63) is 0 Å². The Hall–Kier alpha value is -0.500. The summed E-state index contributed by atoms with van der Waals surface area (Å²) in [5, 5.41) is 15.9. The highest BCUT2D eigenvalue weighted by Gasteiger charge is 2.24. The first kappa shape index (κ1) is 29.7. The predicted octanol–water partition coefficient (Wildman–Crippen LogP) is 3.94. The number of nitrogens with two attached hydrogens (primary N) is 1. The van der Waals surface area contributed by atoms with Crippen molar-refractivity contribution >= 4 is 13.8 Å². The first-order chi connectivity index (χ1) is 13.2. The molecule has 0 rings (SSSR count). The summed E-state index contributed by atoms with van der Waals surface area (Å²) in [6, 6.07) is -1.13. The first-order valence-corrected chi connectivity index (χ1v) is 11.9. The number of carbonyl (C=O) groups is 1. The van der Waals surface area contributed by atoms with E-state index in [1.165, 1.54) is 0 Å².